The van der Waals surface area contributed by atoms with E-state index in [0.29, 0.717) is 64.5 Å². The van der Waals surface area contributed by atoms with Gasteiger partial charge in [0.1, 0.15) is 22.8 Å². The van der Waals surface area contributed by atoms with Crippen molar-refractivity contribution >= 4 is 22.6 Å². The molecule has 5 rings (SSSR count). The zero-order valence-electron chi connectivity index (χ0n) is 23.2. The van der Waals surface area contributed by atoms with Crippen LogP contribution >= 0.6 is 0 Å². The van der Waals surface area contributed by atoms with E-state index < -0.39 is 23.9 Å². The van der Waals surface area contributed by atoms with Crippen LogP contribution in [0.4, 0.5) is 5.69 Å². The van der Waals surface area contributed by atoms with Crippen LogP contribution in [0, 0.1) is 6.92 Å². The molecule has 2 atom stereocenters. The van der Waals surface area contributed by atoms with E-state index in [2.05, 4.69) is 5.32 Å². The number of anilines is 1. The van der Waals surface area contributed by atoms with E-state index in [-0.39, 0.29) is 11.3 Å². The van der Waals surface area contributed by atoms with Crippen LogP contribution in [0.25, 0.3) is 22.1 Å². The lowest BCUT2D eigenvalue weighted by molar-refractivity contribution is -0.138. The van der Waals surface area contributed by atoms with E-state index >= 15 is 0 Å². The van der Waals surface area contributed by atoms with Crippen molar-refractivity contribution in [1.29, 1.82) is 0 Å². The Morgan fingerprint density at radius 1 is 1.00 bits per heavy atom. The third-order valence-electron chi connectivity index (χ3n) is 6.95. The summed E-state index contributed by atoms with van der Waals surface area (Å²) in [4.78, 5) is 26.2. The van der Waals surface area contributed by atoms with Gasteiger partial charge in [-0.05, 0) is 61.4 Å². The average Bonchev–Trinajstić information content (AvgIpc) is 2.99. The largest absolute Gasteiger partial charge is 0.497 e. The SMILES string of the molecule is COc1cccc(-c2cc(C(=O)Nc3cc4cc(OC)c(O[C@H]5C[C@H](O)CCO5)c(C)c4oc3=O)ccc2OC)c1. The molecule has 1 fully saturated rings. The Bertz CT molecular complexity index is 1650. The first-order valence-corrected chi connectivity index (χ1v) is 13.1. The van der Waals surface area contributed by atoms with Crippen LogP contribution in [-0.2, 0) is 4.74 Å². The van der Waals surface area contributed by atoms with E-state index in [9.17, 15) is 14.7 Å². The molecule has 0 unspecified atom stereocenters. The van der Waals surface area contributed by atoms with Crippen LogP contribution < -0.4 is 29.9 Å². The van der Waals surface area contributed by atoms with E-state index in [1.807, 2.05) is 24.3 Å². The summed E-state index contributed by atoms with van der Waals surface area (Å²) in [5.74, 6) is 1.48. The number of fused-ring (bicyclic) bond motifs is 1. The van der Waals surface area contributed by atoms with Gasteiger partial charge in [-0.15, -0.1) is 0 Å². The van der Waals surface area contributed by atoms with Gasteiger partial charge >= 0.3 is 5.63 Å². The molecule has 10 nitrogen and oxygen atoms in total. The van der Waals surface area contributed by atoms with Crippen LogP contribution in [0.5, 0.6) is 23.0 Å². The molecule has 0 aliphatic carbocycles. The van der Waals surface area contributed by atoms with Crippen molar-refractivity contribution in [2.75, 3.05) is 33.3 Å². The number of methoxy groups -OCH3 is 3. The zero-order valence-corrected chi connectivity index (χ0v) is 23.2. The number of hydrogen-bond donors (Lipinski definition) is 2. The lowest BCUT2D eigenvalue weighted by Crippen LogP contribution is -2.33. The molecule has 41 heavy (non-hydrogen) atoms. The highest BCUT2D eigenvalue weighted by molar-refractivity contribution is 6.06. The lowest BCUT2D eigenvalue weighted by atomic mass is 10.0. The minimum absolute atomic E-state index is 0.0323. The predicted octanol–water partition coefficient (Wildman–Crippen LogP) is 4.92. The number of benzene rings is 3. The predicted molar refractivity (Wildman–Crippen MR) is 152 cm³/mol. The Kier molecular flexibility index (Phi) is 8.14. The molecule has 10 heteroatoms. The molecule has 0 spiro atoms. The smallest absolute Gasteiger partial charge is 0.360 e. The summed E-state index contributed by atoms with van der Waals surface area (Å²) in [6, 6.07) is 15.6. The van der Waals surface area contributed by atoms with Gasteiger partial charge < -0.3 is 38.5 Å². The quantitative estimate of drug-likeness (QED) is 0.288. The van der Waals surface area contributed by atoms with Crippen LogP contribution in [0.3, 0.4) is 0 Å². The standard InChI is InChI=1S/C31H31NO9/c1-17-28-20(15-26(38-4)29(17)40-27-16-21(33)10-11-39-27)14-24(31(35)41-28)32-30(34)19-8-9-25(37-3)23(13-19)18-6-5-7-22(12-18)36-2/h5-9,12-15,21,27,33H,10-11,16H2,1-4H3,(H,32,34)/t21-,27+/m1/s1. The Morgan fingerprint density at radius 3 is 2.54 bits per heavy atom. The number of hydrogen-bond acceptors (Lipinski definition) is 9. The molecule has 1 aliphatic heterocycles. The molecule has 2 N–H and O–H groups in total. The second-order valence-electron chi connectivity index (χ2n) is 9.60. The number of aliphatic hydroxyl groups is 1. The summed E-state index contributed by atoms with van der Waals surface area (Å²) in [7, 11) is 4.63. The number of carbonyl (C=O) groups excluding carboxylic acids is 1. The Labute approximate surface area is 236 Å². The van der Waals surface area contributed by atoms with Gasteiger partial charge in [0, 0.05) is 28.5 Å². The maximum absolute atomic E-state index is 13.3. The topological polar surface area (TPSA) is 126 Å². The molecule has 3 aromatic carbocycles. The van der Waals surface area contributed by atoms with Crippen LogP contribution in [0.2, 0.25) is 0 Å². The third kappa shape index (κ3) is 5.84. The minimum atomic E-state index is -0.726. The molecular formula is C31H31NO9. The summed E-state index contributed by atoms with van der Waals surface area (Å²) in [5.41, 5.74) is 1.85. The Balaban J connectivity index is 1.45. The number of aliphatic hydroxyl groups excluding tert-OH is 1. The summed E-state index contributed by atoms with van der Waals surface area (Å²) >= 11 is 0. The monoisotopic (exact) mass is 561 g/mol. The van der Waals surface area contributed by atoms with Gasteiger partial charge in [0.05, 0.1) is 34.0 Å². The summed E-state index contributed by atoms with van der Waals surface area (Å²) in [5, 5.41) is 13.2. The molecule has 1 aliphatic rings. The summed E-state index contributed by atoms with van der Waals surface area (Å²) in [6.07, 6.45) is -0.349. The third-order valence-corrected chi connectivity index (χ3v) is 6.95. The number of amides is 1. The molecule has 1 amide bonds. The maximum atomic E-state index is 13.3. The average molecular weight is 562 g/mol. The van der Waals surface area contributed by atoms with E-state index in [1.54, 1.807) is 45.4 Å². The fourth-order valence-electron chi connectivity index (χ4n) is 4.78. The van der Waals surface area contributed by atoms with Gasteiger partial charge in [-0.25, -0.2) is 4.79 Å². The van der Waals surface area contributed by atoms with Crippen LogP contribution in [0.15, 0.2) is 63.8 Å². The highest BCUT2D eigenvalue weighted by atomic mass is 16.7. The van der Waals surface area contributed by atoms with Crippen molar-refractivity contribution in [2.24, 2.45) is 0 Å². The zero-order chi connectivity index (χ0) is 29.1. The van der Waals surface area contributed by atoms with Gasteiger partial charge in [0.15, 0.2) is 11.5 Å². The Hall–Kier alpha value is -4.54. The number of rotatable bonds is 8. The minimum Gasteiger partial charge on any atom is -0.497 e. The second-order valence-corrected chi connectivity index (χ2v) is 9.60. The Morgan fingerprint density at radius 2 is 1.80 bits per heavy atom. The van der Waals surface area contributed by atoms with Gasteiger partial charge in [0.2, 0.25) is 6.29 Å². The van der Waals surface area contributed by atoms with Gasteiger partial charge in [0.25, 0.3) is 5.91 Å². The van der Waals surface area contributed by atoms with Crippen molar-refractivity contribution in [3.05, 3.63) is 76.1 Å². The van der Waals surface area contributed by atoms with Crippen molar-refractivity contribution < 1.29 is 38.0 Å². The highest BCUT2D eigenvalue weighted by Crippen LogP contribution is 2.39. The first kappa shape index (κ1) is 28.0. The second kappa shape index (κ2) is 11.9. The fourth-order valence-corrected chi connectivity index (χ4v) is 4.78. The summed E-state index contributed by atoms with van der Waals surface area (Å²) in [6.45, 7) is 2.10. The van der Waals surface area contributed by atoms with Crippen LogP contribution in [-0.4, -0.2) is 51.3 Å². The molecule has 1 saturated heterocycles. The van der Waals surface area contributed by atoms with Gasteiger partial charge in [-0.1, -0.05) is 12.1 Å². The molecule has 0 saturated carbocycles. The molecule has 2 heterocycles. The van der Waals surface area contributed by atoms with E-state index in [0.717, 1.165) is 5.56 Å². The molecule has 0 radical (unpaired) electrons. The van der Waals surface area contributed by atoms with Gasteiger partial charge in [-0.2, -0.15) is 0 Å². The highest BCUT2D eigenvalue weighted by Gasteiger charge is 2.26. The van der Waals surface area contributed by atoms with Crippen LogP contribution in [0.1, 0.15) is 28.8 Å². The number of ether oxygens (including phenoxy) is 5. The maximum Gasteiger partial charge on any atom is 0.360 e. The lowest BCUT2D eigenvalue weighted by Gasteiger charge is -2.28. The number of aryl methyl sites for hydroxylation is 1. The first-order valence-electron chi connectivity index (χ1n) is 13.1. The van der Waals surface area contributed by atoms with Crippen molar-refractivity contribution in [3.8, 4) is 34.1 Å². The van der Waals surface area contributed by atoms with E-state index in [4.69, 9.17) is 28.1 Å². The first-order chi connectivity index (χ1) is 19.8. The van der Waals surface area contributed by atoms with Crippen molar-refractivity contribution in [1.82, 2.24) is 0 Å². The molecule has 4 aromatic rings. The van der Waals surface area contributed by atoms with Crippen molar-refractivity contribution in [3.63, 3.8) is 0 Å². The number of carbonyl (C=O) groups is 1. The van der Waals surface area contributed by atoms with E-state index in [1.165, 1.54) is 13.2 Å². The van der Waals surface area contributed by atoms with Gasteiger partial charge in [-0.3, -0.25) is 4.79 Å². The van der Waals surface area contributed by atoms with Crippen molar-refractivity contribution in [2.45, 2.75) is 32.2 Å². The fraction of sp³-hybridized carbons (Fsp3) is 0.290. The summed E-state index contributed by atoms with van der Waals surface area (Å²) < 4.78 is 33.6. The molecule has 1 aromatic heterocycles. The number of nitrogens with one attached hydrogen (secondary N) is 1. The normalized spacial score (nSPS) is 16.7. The molecule has 214 valence electrons. The molecule has 0 bridgehead atoms. The molecular weight excluding hydrogens is 530 g/mol.